The molecule has 4 heteroatoms. The van der Waals surface area contributed by atoms with E-state index in [1.165, 1.54) is 0 Å². The maximum atomic E-state index is 8.90. The SMILES string of the molecule is CN(CCO)c1ccc(NCc2cccnc2)cc1. The summed E-state index contributed by atoms with van der Waals surface area (Å²) in [6.07, 6.45) is 3.63. The molecule has 1 aromatic carbocycles. The minimum Gasteiger partial charge on any atom is -0.395 e. The number of nitrogens with zero attached hydrogens (tertiary/aromatic N) is 2. The standard InChI is InChI=1S/C15H19N3O/c1-18(9-10-19)15-6-4-14(5-7-15)17-12-13-3-2-8-16-11-13/h2-8,11,17,19H,9-10,12H2,1H3. The molecule has 4 nitrogen and oxygen atoms in total. The van der Waals surface area contributed by atoms with Crippen molar-refractivity contribution in [2.45, 2.75) is 6.54 Å². The van der Waals surface area contributed by atoms with Gasteiger partial charge in [0.05, 0.1) is 6.61 Å². The van der Waals surface area contributed by atoms with E-state index in [1.807, 2.05) is 54.5 Å². The second-order valence-corrected chi connectivity index (χ2v) is 4.41. The van der Waals surface area contributed by atoms with Gasteiger partial charge in [-0.05, 0) is 35.9 Å². The lowest BCUT2D eigenvalue weighted by Crippen LogP contribution is -2.20. The summed E-state index contributed by atoms with van der Waals surface area (Å²) in [5, 5.41) is 12.3. The number of aliphatic hydroxyl groups is 1. The van der Waals surface area contributed by atoms with Crippen LogP contribution < -0.4 is 10.2 Å². The van der Waals surface area contributed by atoms with Crippen LogP contribution in [0.2, 0.25) is 0 Å². The molecule has 0 radical (unpaired) electrons. The molecule has 0 saturated carbocycles. The van der Waals surface area contributed by atoms with E-state index in [0.717, 1.165) is 23.5 Å². The number of aliphatic hydroxyl groups excluding tert-OH is 1. The van der Waals surface area contributed by atoms with Gasteiger partial charge in [0, 0.05) is 43.9 Å². The number of hydrogen-bond acceptors (Lipinski definition) is 4. The molecule has 0 fully saturated rings. The van der Waals surface area contributed by atoms with E-state index in [1.54, 1.807) is 6.20 Å². The monoisotopic (exact) mass is 257 g/mol. The topological polar surface area (TPSA) is 48.4 Å². The van der Waals surface area contributed by atoms with Gasteiger partial charge in [0.1, 0.15) is 0 Å². The Kier molecular flexibility index (Phi) is 4.75. The van der Waals surface area contributed by atoms with E-state index in [-0.39, 0.29) is 6.61 Å². The lowest BCUT2D eigenvalue weighted by Gasteiger charge is -2.18. The summed E-state index contributed by atoms with van der Waals surface area (Å²) in [4.78, 5) is 6.10. The van der Waals surface area contributed by atoms with Crippen molar-refractivity contribution in [2.75, 3.05) is 30.4 Å². The van der Waals surface area contributed by atoms with Crippen LogP contribution in [0, 0.1) is 0 Å². The molecule has 0 spiro atoms. The Bertz CT molecular complexity index is 485. The second-order valence-electron chi connectivity index (χ2n) is 4.41. The molecule has 2 rings (SSSR count). The summed E-state index contributed by atoms with van der Waals surface area (Å²) >= 11 is 0. The van der Waals surface area contributed by atoms with Gasteiger partial charge in [0.2, 0.25) is 0 Å². The third kappa shape index (κ3) is 3.96. The van der Waals surface area contributed by atoms with Crippen LogP contribution >= 0.6 is 0 Å². The van der Waals surface area contributed by atoms with Gasteiger partial charge in [-0.15, -0.1) is 0 Å². The Morgan fingerprint density at radius 1 is 1.21 bits per heavy atom. The first-order valence-corrected chi connectivity index (χ1v) is 6.34. The number of likely N-dealkylation sites (N-methyl/N-ethyl adjacent to an activating group) is 1. The van der Waals surface area contributed by atoms with Gasteiger partial charge in [-0.2, -0.15) is 0 Å². The zero-order valence-corrected chi connectivity index (χ0v) is 11.1. The average molecular weight is 257 g/mol. The van der Waals surface area contributed by atoms with Crippen molar-refractivity contribution < 1.29 is 5.11 Å². The first-order chi connectivity index (χ1) is 9.29. The van der Waals surface area contributed by atoms with E-state index < -0.39 is 0 Å². The summed E-state index contributed by atoms with van der Waals surface area (Å²) in [5.74, 6) is 0. The zero-order valence-electron chi connectivity index (χ0n) is 11.1. The summed E-state index contributed by atoms with van der Waals surface area (Å²) in [6, 6.07) is 12.1. The summed E-state index contributed by atoms with van der Waals surface area (Å²) < 4.78 is 0. The first-order valence-electron chi connectivity index (χ1n) is 6.34. The van der Waals surface area contributed by atoms with Gasteiger partial charge in [-0.3, -0.25) is 4.98 Å². The van der Waals surface area contributed by atoms with Gasteiger partial charge >= 0.3 is 0 Å². The van der Waals surface area contributed by atoms with Crippen molar-refractivity contribution in [1.29, 1.82) is 0 Å². The van der Waals surface area contributed by atoms with Gasteiger partial charge < -0.3 is 15.3 Å². The highest BCUT2D eigenvalue weighted by Crippen LogP contribution is 2.17. The molecule has 0 saturated heterocycles. The number of nitrogens with one attached hydrogen (secondary N) is 1. The molecule has 2 aromatic rings. The third-order valence-corrected chi connectivity index (χ3v) is 2.96. The smallest absolute Gasteiger partial charge is 0.0606 e. The number of benzene rings is 1. The fourth-order valence-corrected chi connectivity index (χ4v) is 1.82. The molecule has 2 N–H and O–H groups in total. The van der Waals surface area contributed by atoms with E-state index in [2.05, 4.69) is 10.3 Å². The molecule has 1 aromatic heterocycles. The molecule has 0 bridgehead atoms. The van der Waals surface area contributed by atoms with Crippen LogP contribution in [0.25, 0.3) is 0 Å². The molecule has 0 aliphatic heterocycles. The van der Waals surface area contributed by atoms with E-state index >= 15 is 0 Å². The Morgan fingerprint density at radius 3 is 2.63 bits per heavy atom. The molecule has 1 heterocycles. The summed E-state index contributed by atoms with van der Waals surface area (Å²) in [5.41, 5.74) is 3.33. The number of anilines is 2. The fourth-order valence-electron chi connectivity index (χ4n) is 1.82. The number of hydrogen-bond donors (Lipinski definition) is 2. The molecule has 0 amide bonds. The van der Waals surface area contributed by atoms with Crippen molar-refractivity contribution in [3.63, 3.8) is 0 Å². The Labute approximate surface area is 113 Å². The van der Waals surface area contributed by atoms with E-state index in [9.17, 15) is 0 Å². The highest BCUT2D eigenvalue weighted by Gasteiger charge is 2.00. The van der Waals surface area contributed by atoms with Gasteiger partial charge in [-0.1, -0.05) is 6.07 Å². The summed E-state index contributed by atoms with van der Waals surface area (Å²) in [7, 11) is 1.97. The minimum absolute atomic E-state index is 0.164. The molecule has 0 aliphatic carbocycles. The predicted octanol–water partition coefficient (Wildman–Crippen LogP) is 2.12. The molecule has 19 heavy (non-hydrogen) atoms. The molecule has 0 unspecified atom stereocenters. The number of rotatable bonds is 6. The predicted molar refractivity (Wildman–Crippen MR) is 78.4 cm³/mol. The molecular weight excluding hydrogens is 238 g/mol. The van der Waals surface area contributed by atoms with Crippen LogP contribution in [0.1, 0.15) is 5.56 Å². The highest BCUT2D eigenvalue weighted by molar-refractivity contribution is 5.54. The zero-order chi connectivity index (χ0) is 13.5. The van der Waals surface area contributed by atoms with Crippen LogP contribution in [0.5, 0.6) is 0 Å². The molecule has 100 valence electrons. The molecule has 0 aliphatic rings. The minimum atomic E-state index is 0.164. The lowest BCUT2D eigenvalue weighted by atomic mass is 10.2. The van der Waals surface area contributed by atoms with Crippen molar-refractivity contribution in [2.24, 2.45) is 0 Å². The number of pyridine rings is 1. The third-order valence-electron chi connectivity index (χ3n) is 2.96. The van der Waals surface area contributed by atoms with Gasteiger partial charge in [0.15, 0.2) is 0 Å². The van der Waals surface area contributed by atoms with Gasteiger partial charge in [-0.25, -0.2) is 0 Å². The second kappa shape index (κ2) is 6.75. The Hall–Kier alpha value is -2.07. The lowest BCUT2D eigenvalue weighted by molar-refractivity contribution is 0.304. The maximum Gasteiger partial charge on any atom is 0.0606 e. The fraction of sp³-hybridized carbons (Fsp3) is 0.267. The van der Waals surface area contributed by atoms with Crippen LogP contribution in [0.4, 0.5) is 11.4 Å². The van der Waals surface area contributed by atoms with Crippen LogP contribution in [-0.4, -0.2) is 30.3 Å². The largest absolute Gasteiger partial charge is 0.395 e. The maximum absolute atomic E-state index is 8.90. The van der Waals surface area contributed by atoms with Crippen LogP contribution in [0.15, 0.2) is 48.8 Å². The number of aromatic nitrogens is 1. The van der Waals surface area contributed by atoms with Crippen LogP contribution in [-0.2, 0) is 6.54 Å². The van der Waals surface area contributed by atoms with Crippen molar-refractivity contribution in [3.8, 4) is 0 Å². The van der Waals surface area contributed by atoms with Gasteiger partial charge in [0.25, 0.3) is 0 Å². The van der Waals surface area contributed by atoms with Crippen LogP contribution in [0.3, 0.4) is 0 Å². The highest BCUT2D eigenvalue weighted by atomic mass is 16.3. The average Bonchev–Trinajstić information content (AvgIpc) is 2.47. The normalized spacial score (nSPS) is 10.2. The van der Waals surface area contributed by atoms with Crippen molar-refractivity contribution >= 4 is 11.4 Å². The quantitative estimate of drug-likeness (QED) is 0.832. The van der Waals surface area contributed by atoms with Crippen molar-refractivity contribution in [1.82, 2.24) is 4.98 Å². The Balaban J connectivity index is 1.92. The van der Waals surface area contributed by atoms with E-state index in [0.29, 0.717) is 6.54 Å². The van der Waals surface area contributed by atoms with Crippen molar-refractivity contribution in [3.05, 3.63) is 54.4 Å². The van der Waals surface area contributed by atoms with E-state index in [4.69, 9.17) is 5.11 Å². The summed E-state index contributed by atoms with van der Waals surface area (Å²) in [6.45, 7) is 1.57. The molecule has 0 atom stereocenters. The Morgan fingerprint density at radius 2 is 2.00 bits per heavy atom. The molecular formula is C15H19N3O. The first kappa shape index (κ1) is 13.4.